The average molecular weight is 287 g/mol. The number of carboxylic acid groups (broad SMARTS) is 1. The monoisotopic (exact) mass is 287 g/mol. The first kappa shape index (κ1) is 13.5. The Bertz CT molecular complexity index is 673. The Hall–Kier alpha value is -2.50. The van der Waals surface area contributed by atoms with Gasteiger partial charge in [0.15, 0.2) is 5.69 Å². The molecule has 1 unspecified atom stereocenters. The van der Waals surface area contributed by atoms with E-state index in [9.17, 15) is 9.18 Å². The van der Waals surface area contributed by atoms with Crippen molar-refractivity contribution in [2.75, 3.05) is 5.32 Å². The minimum atomic E-state index is -1.10. The molecule has 0 bridgehead atoms. The highest BCUT2D eigenvalue weighted by Crippen LogP contribution is 2.32. The van der Waals surface area contributed by atoms with Crippen molar-refractivity contribution >= 4 is 11.8 Å². The fourth-order valence-electron chi connectivity index (χ4n) is 2.62. The fourth-order valence-corrected chi connectivity index (χ4v) is 2.62. The lowest BCUT2D eigenvalue weighted by Crippen LogP contribution is -2.18. The van der Waals surface area contributed by atoms with Crippen LogP contribution in [-0.2, 0) is 6.42 Å². The molecule has 1 aliphatic rings. The van der Waals surface area contributed by atoms with Crippen molar-refractivity contribution in [2.24, 2.45) is 0 Å². The summed E-state index contributed by atoms with van der Waals surface area (Å²) < 4.78 is 13.3. The molecule has 1 aliphatic carbocycles. The first-order valence-electron chi connectivity index (χ1n) is 6.73. The number of aromatic carboxylic acids is 1. The molecule has 21 heavy (non-hydrogen) atoms. The summed E-state index contributed by atoms with van der Waals surface area (Å²) in [6.45, 7) is 0. The van der Waals surface area contributed by atoms with E-state index in [1.165, 1.54) is 18.5 Å². The number of carbonyl (C=O) groups is 1. The van der Waals surface area contributed by atoms with Gasteiger partial charge >= 0.3 is 5.97 Å². The molecule has 5 nitrogen and oxygen atoms in total. The molecule has 0 saturated carbocycles. The second-order valence-electron chi connectivity index (χ2n) is 5.02. The van der Waals surface area contributed by atoms with Crippen molar-refractivity contribution in [1.29, 1.82) is 0 Å². The van der Waals surface area contributed by atoms with Crippen molar-refractivity contribution in [3.63, 3.8) is 0 Å². The van der Waals surface area contributed by atoms with Gasteiger partial charge in [-0.05, 0) is 42.5 Å². The molecule has 0 radical (unpaired) electrons. The maximum absolute atomic E-state index is 13.3. The molecule has 0 fully saturated rings. The van der Waals surface area contributed by atoms with E-state index in [4.69, 9.17) is 5.11 Å². The van der Waals surface area contributed by atoms with E-state index in [-0.39, 0.29) is 17.6 Å². The van der Waals surface area contributed by atoms with Crippen LogP contribution >= 0.6 is 0 Å². The number of aromatic nitrogens is 2. The molecule has 1 aromatic carbocycles. The molecule has 0 spiro atoms. The minimum absolute atomic E-state index is 0.0410. The Morgan fingerprint density at radius 3 is 2.90 bits per heavy atom. The zero-order valence-corrected chi connectivity index (χ0v) is 11.2. The average Bonchev–Trinajstić information content (AvgIpc) is 2.47. The van der Waals surface area contributed by atoms with Crippen LogP contribution < -0.4 is 5.32 Å². The highest BCUT2D eigenvalue weighted by atomic mass is 19.1. The number of fused-ring (bicyclic) bond motifs is 1. The maximum atomic E-state index is 13.3. The molecule has 1 heterocycles. The molecule has 6 heteroatoms. The lowest BCUT2D eigenvalue weighted by molar-refractivity contribution is 0.0690. The first-order chi connectivity index (χ1) is 10.1. The summed E-state index contributed by atoms with van der Waals surface area (Å²) in [6.07, 6.45) is 5.38. The predicted octanol–water partition coefficient (Wildman–Crippen LogP) is 2.80. The molecule has 1 aromatic heterocycles. The number of anilines is 1. The number of hydrogen-bond donors (Lipinski definition) is 2. The number of nitrogens with one attached hydrogen (secondary N) is 1. The number of benzene rings is 1. The fraction of sp³-hybridized carbons (Fsp3) is 0.267. The van der Waals surface area contributed by atoms with Gasteiger partial charge in [-0.15, -0.1) is 0 Å². The summed E-state index contributed by atoms with van der Waals surface area (Å²) in [6, 6.07) is 4.86. The number of hydrogen-bond acceptors (Lipinski definition) is 4. The van der Waals surface area contributed by atoms with Gasteiger partial charge in [-0.25, -0.2) is 19.2 Å². The van der Waals surface area contributed by atoms with Gasteiger partial charge < -0.3 is 10.4 Å². The predicted molar refractivity (Wildman–Crippen MR) is 74.7 cm³/mol. The third-order valence-electron chi connectivity index (χ3n) is 3.61. The van der Waals surface area contributed by atoms with E-state index in [0.29, 0.717) is 5.82 Å². The smallest absolute Gasteiger partial charge is 0.356 e. The molecular formula is C15H14FN3O2. The summed E-state index contributed by atoms with van der Waals surface area (Å²) in [5.74, 6) is -0.810. The SMILES string of the molecule is O=C(O)c1cnc(NC2CCCc3cc(F)ccc32)cn1. The first-order valence-corrected chi connectivity index (χ1v) is 6.73. The van der Waals surface area contributed by atoms with Crippen molar-refractivity contribution in [3.05, 3.63) is 53.2 Å². The van der Waals surface area contributed by atoms with E-state index >= 15 is 0 Å². The number of rotatable bonds is 3. The third-order valence-corrected chi connectivity index (χ3v) is 3.61. The Balaban J connectivity index is 1.81. The summed E-state index contributed by atoms with van der Waals surface area (Å²) in [5.41, 5.74) is 1.98. The summed E-state index contributed by atoms with van der Waals surface area (Å²) in [7, 11) is 0. The molecular weight excluding hydrogens is 273 g/mol. The van der Waals surface area contributed by atoms with E-state index in [1.54, 1.807) is 12.1 Å². The Kier molecular flexibility index (Phi) is 3.51. The lowest BCUT2D eigenvalue weighted by Gasteiger charge is -2.26. The van der Waals surface area contributed by atoms with Gasteiger partial charge in [0, 0.05) is 0 Å². The van der Waals surface area contributed by atoms with Gasteiger partial charge in [-0.3, -0.25) is 0 Å². The van der Waals surface area contributed by atoms with Gasteiger partial charge in [0.1, 0.15) is 11.6 Å². The second kappa shape index (κ2) is 5.47. The largest absolute Gasteiger partial charge is 0.476 e. The summed E-state index contributed by atoms with van der Waals surface area (Å²) in [4.78, 5) is 18.6. The zero-order chi connectivity index (χ0) is 14.8. The molecule has 2 aromatic rings. The van der Waals surface area contributed by atoms with Crippen molar-refractivity contribution in [2.45, 2.75) is 25.3 Å². The van der Waals surface area contributed by atoms with Crippen molar-refractivity contribution in [3.8, 4) is 0 Å². The van der Waals surface area contributed by atoms with Crippen LogP contribution in [0.1, 0.15) is 40.5 Å². The normalized spacial score (nSPS) is 17.1. The zero-order valence-electron chi connectivity index (χ0n) is 11.2. The van der Waals surface area contributed by atoms with Gasteiger partial charge in [0.05, 0.1) is 18.4 Å². The lowest BCUT2D eigenvalue weighted by atomic mass is 9.87. The van der Waals surface area contributed by atoms with Crippen molar-refractivity contribution < 1.29 is 14.3 Å². The van der Waals surface area contributed by atoms with Crippen LogP contribution in [0.15, 0.2) is 30.6 Å². The second-order valence-corrected chi connectivity index (χ2v) is 5.02. The highest BCUT2D eigenvalue weighted by molar-refractivity contribution is 5.84. The third kappa shape index (κ3) is 2.84. The van der Waals surface area contributed by atoms with Crippen LogP contribution in [0.2, 0.25) is 0 Å². The molecule has 0 amide bonds. The topological polar surface area (TPSA) is 75.1 Å². The maximum Gasteiger partial charge on any atom is 0.356 e. The molecule has 2 N–H and O–H groups in total. The van der Waals surface area contributed by atoms with E-state index in [0.717, 1.165) is 30.4 Å². The number of nitrogens with zero attached hydrogens (tertiary/aromatic N) is 2. The summed E-state index contributed by atoms with van der Waals surface area (Å²) in [5, 5.41) is 12.0. The van der Waals surface area contributed by atoms with Crippen LogP contribution in [0.5, 0.6) is 0 Å². The summed E-state index contributed by atoms with van der Waals surface area (Å²) >= 11 is 0. The van der Waals surface area contributed by atoms with Gasteiger partial charge in [0.25, 0.3) is 0 Å². The van der Waals surface area contributed by atoms with E-state index < -0.39 is 5.97 Å². The van der Waals surface area contributed by atoms with Crippen LogP contribution in [-0.4, -0.2) is 21.0 Å². The Labute approximate surface area is 120 Å². The highest BCUT2D eigenvalue weighted by Gasteiger charge is 2.21. The van der Waals surface area contributed by atoms with Gasteiger partial charge in [0.2, 0.25) is 0 Å². The Morgan fingerprint density at radius 1 is 1.33 bits per heavy atom. The van der Waals surface area contributed by atoms with Crippen LogP contribution in [0.4, 0.5) is 10.2 Å². The van der Waals surface area contributed by atoms with E-state index in [2.05, 4.69) is 15.3 Å². The van der Waals surface area contributed by atoms with Gasteiger partial charge in [-0.2, -0.15) is 0 Å². The van der Waals surface area contributed by atoms with E-state index in [1.807, 2.05) is 0 Å². The molecule has 0 saturated heterocycles. The van der Waals surface area contributed by atoms with Crippen molar-refractivity contribution in [1.82, 2.24) is 9.97 Å². The van der Waals surface area contributed by atoms with Crippen LogP contribution in [0.3, 0.4) is 0 Å². The molecule has 0 aliphatic heterocycles. The molecule has 108 valence electrons. The van der Waals surface area contributed by atoms with Crippen LogP contribution in [0.25, 0.3) is 0 Å². The Morgan fingerprint density at radius 2 is 2.19 bits per heavy atom. The van der Waals surface area contributed by atoms with Crippen LogP contribution in [0, 0.1) is 5.82 Å². The number of carboxylic acids is 1. The van der Waals surface area contributed by atoms with Gasteiger partial charge in [-0.1, -0.05) is 6.07 Å². The quantitative estimate of drug-likeness (QED) is 0.908. The number of aryl methyl sites for hydroxylation is 1. The molecule has 1 atom stereocenters. The molecule has 3 rings (SSSR count). The number of halogens is 1. The standard InChI is InChI=1S/C15H14FN3O2/c16-10-4-5-11-9(6-10)2-1-3-12(11)19-14-8-17-13(7-18-14)15(20)21/h4-8,12H,1-3H2,(H,18,19)(H,20,21). The minimum Gasteiger partial charge on any atom is -0.476 e.